The standard InChI is InChI=1S/C11H8BrFN2O2S/c12-8-4-5-11(14-7-8)15-18(16,17)10-3-1-2-9(13)6-10/h1-7H,(H,14,15). The van der Waals surface area contributed by atoms with Crippen molar-refractivity contribution in [2.24, 2.45) is 0 Å². The molecule has 0 fully saturated rings. The van der Waals surface area contributed by atoms with Gasteiger partial charge in [0.05, 0.1) is 4.90 Å². The number of hydrogen-bond donors (Lipinski definition) is 1. The molecule has 0 spiro atoms. The molecule has 0 aliphatic rings. The van der Waals surface area contributed by atoms with E-state index in [1.807, 2.05) is 0 Å². The Morgan fingerprint density at radius 2 is 2.00 bits per heavy atom. The molecule has 1 heterocycles. The van der Waals surface area contributed by atoms with E-state index in [-0.39, 0.29) is 10.7 Å². The van der Waals surface area contributed by atoms with Crippen molar-refractivity contribution in [3.05, 3.63) is 52.9 Å². The maximum absolute atomic E-state index is 13.0. The first-order valence-corrected chi connectivity index (χ1v) is 7.15. The van der Waals surface area contributed by atoms with Crippen LogP contribution in [0.15, 0.2) is 52.0 Å². The molecule has 2 aromatic rings. The van der Waals surface area contributed by atoms with E-state index in [4.69, 9.17) is 0 Å². The van der Waals surface area contributed by atoms with Gasteiger partial charge in [-0.05, 0) is 46.3 Å². The number of nitrogens with zero attached hydrogens (tertiary/aromatic N) is 1. The van der Waals surface area contributed by atoms with Gasteiger partial charge in [-0.2, -0.15) is 0 Å². The maximum Gasteiger partial charge on any atom is 0.263 e. The number of anilines is 1. The average molecular weight is 331 g/mol. The van der Waals surface area contributed by atoms with Crippen LogP contribution in [0.4, 0.5) is 10.2 Å². The normalized spacial score (nSPS) is 11.2. The molecule has 0 aliphatic heterocycles. The Bertz CT molecular complexity index is 659. The lowest BCUT2D eigenvalue weighted by atomic mass is 10.4. The van der Waals surface area contributed by atoms with Gasteiger partial charge in [0, 0.05) is 10.7 Å². The number of nitrogens with one attached hydrogen (secondary N) is 1. The minimum absolute atomic E-state index is 0.146. The van der Waals surface area contributed by atoms with Gasteiger partial charge in [-0.3, -0.25) is 4.72 Å². The van der Waals surface area contributed by atoms with Crippen LogP contribution in [0.5, 0.6) is 0 Å². The Hall–Kier alpha value is -1.47. The molecule has 2 rings (SSSR count). The predicted octanol–water partition coefficient (Wildman–Crippen LogP) is 2.78. The van der Waals surface area contributed by atoms with Crippen LogP contribution in [-0.2, 0) is 10.0 Å². The van der Waals surface area contributed by atoms with E-state index in [0.29, 0.717) is 0 Å². The molecule has 0 saturated heterocycles. The Balaban J connectivity index is 2.30. The van der Waals surface area contributed by atoms with Crippen LogP contribution in [0, 0.1) is 5.82 Å². The molecule has 0 amide bonds. The number of hydrogen-bond acceptors (Lipinski definition) is 3. The van der Waals surface area contributed by atoms with Crippen molar-refractivity contribution in [2.75, 3.05) is 4.72 Å². The second-order valence-electron chi connectivity index (χ2n) is 3.42. The van der Waals surface area contributed by atoms with E-state index in [1.165, 1.54) is 30.5 Å². The van der Waals surface area contributed by atoms with Gasteiger partial charge < -0.3 is 0 Å². The quantitative estimate of drug-likeness (QED) is 0.941. The van der Waals surface area contributed by atoms with Crippen LogP contribution in [0.1, 0.15) is 0 Å². The lowest BCUT2D eigenvalue weighted by Crippen LogP contribution is -2.13. The van der Waals surface area contributed by atoms with Crippen molar-refractivity contribution < 1.29 is 12.8 Å². The van der Waals surface area contributed by atoms with Crippen LogP contribution in [0.2, 0.25) is 0 Å². The fourth-order valence-corrected chi connectivity index (χ4v) is 2.54. The molecule has 1 aromatic heterocycles. The predicted molar refractivity (Wildman–Crippen MR) is 69.1 cm³/mol. The fourth-order valence-electron chi connectivity index (χ4n) is 1.27. The zero-order valence-electron chi connectivity index (χ0n) is 8.97. The summed E-state index contributed by atoms with van der Waals surface area (Å²) in [4.78, 5) is 3.73. The van der Waals surface area contributed by atoms with Crippen molar-refractivity contribution in [3.8, 4) is 0 Å². The molecule has 0 aliphatic carbocycles. The Morgan fingerprint density at radius 1 is 1.22 bits per heavy atom. The van der Waals surface area contributed by atoms with Gasteiger partial charge in [0.15, 0.2) is 0 Å². The summed E-state index contributed by atoms with van der Waals surface area (Å²) in [6, 6.07) is 7.92. The van der Waals surface area contributed by atoms with Gasteiger partial charge in [0.25, 0.3) is 10.0 Å². The third kappa shape index (κ3) is 3.05. The largest absolute Gasteiger partial charge is 0.263 e. The summed E-state index contributed by atoms with van der Waals surface area (Å²) in [6.45, 7) is 0. The van der Waals surface area contributed by atoms with Crippen molar-refractivity contribution in [1.29, 1.82) is 0 Å². The van der Waals surface area contributed by atoms with Crippen molar-refractivity contribution in [2.45, 2.75) is 4.90 Å². The van der Waals surface area contributed by atoms with Crippen molar-refractivity contribution in [1.82, 2.24) is 4.98 Å². The van der Waals surface area contributed by atoms with E-state index in [9.17, 15) is 12.8 Å². The number of sulfonamides is 1. The van der Waals surface area contributed by atoms with Crippen molar-refractivity contribution in [3.63, 3.8) is 0 Å². The molecule has 4 nitrogen and oxygen atoms in total. The lowest BCUT2D eigenvalue weighted by Gasteiger charge is -2.07. The van der Waals surface area contributed by atoms with Gasteiger partial charge in [0.2, 0.25) is 0 Å². The second-order valence-corrected chi connectivity index (χ2v) is 6.02. The van der Waals surface area contributed by atoms with E-state index in [0.717, 1.165) is 10.5 Å². The molecule has 7 heteroatoms. The number of halogens is 2. The molecule has 1 aromatic carbocycles. The number of pyridine rings is 1. The zero-order chi connectivity index (χ0) is 13.2. The van der Waals surface area contributed by atoms with Crippen LogP contribution < -0.4 is 4.72 Å². The van der Waals surface area contributed by atoms with E-state index in [1.54, 1.807) is 6.07 Å². The first-order valence-electron chi connectivity index (χ1n) is 4.87. The fraction of sp³-hybridized carbons (Fsp3) is 0. The molecule has 0 unspecified atom stereocenters. The first kappa shape index (κ1) is 13.0. The number of rotatable bonds is 3. The summed E-state index contributed by atoms with van der Waals surface area (Å²) >= 11 is 3.19. The molecule has 0 atom stereocenters. The minimum Gasteiger partial charge on any atom is -0.263 e. The molecule has 1 N–H and O–H groups in total. The highest BCUT2D eigenvalue weighted by Gasteiger charge is 2.15. The van der Waals surface area contributed by atoms with Gasteiger partial charge in [-0.15, -0.1) is 0 Å². The Morgan fingerprint density at radius 3 is 2.61 bits per heavy atom. The summed E-state index contributed by atoms with van der Waals surface area (Å²) in [6.07, 6.45) is 1.46. The van der Waals surface area contributed by atoms with Crippen LogP contribution in [0.25, 0.3) is 0 Å². The highest BCUT2D eigenvalue weighted by atomic mass is 79.9. The smallest absolute Gasteiger partial charge is 0.263 e. The highest BCUT2D eigenvalue weighted by molar-refractivity contribution is 9.10. The van der Waals surface area contributed by atoms with Crippen LogP contribution in [0.3, 0.4) is 0 Å². The topological polar surface area (TPSA) is 59.1 Å². The monoisotopic (exact) mass is 330 g/mol. The van der Waals surface area contributed by atoms with E-state index in [2.05, 4.69) is 25.6 Å². The molecule has 18 heavy (non-hydrogen) atoms. The summed E-state index contributed by atoms with van der Waals surface area (Å²) < 4.78 is 39.8. The zero-order valence-corrected chi connectivity index (χ0v) is 11.4. The average Bonchev–Trinajstić information content (AvgIpc) is 2.32. The SMILES string of the molecule is O=S(=O)(Nc1ccc(Br)cn1)c1cccc(F)c1. The van der Waals surface area contributed by atoms with Gasteiger partial charge >= 0.3 is 0 Å². The van der Waals surface area contributed by atoms with E-state index >= 15 is 0 Å². The summed E-state index contributed by atoms with van der Waals surface area (Å²) in [7, 11) is -3.82. The minimum atomic E-state index is -3.82. The number of aromatic nitrogens is 1. The molecular weight excluding hydrogens is 323 g/mol. The molecule has 0 bridgehead atoms. The van der Waals surface area contributed by atoms with Crippen molar-refractivity contribution >= 4 is 31.8 Å². The highest BCUT2D eigenvalue weighted by Crippen LogP contribution is 2.16. The van der Waals surface area contributed by atoms with Gasteiger partial charge in [-0.25, -0.2) is 17.8 Å². The Labute approximate surface area is 112 Å². The second kappa shape index (κ2) is 5.03. The molecule has 0 saturated carbocycles. The first-order chi connectivity index (χ1) is 8.47. The summed E-state index contributed by atoms with van der Waals surface area (Å²) in [5.41, 5.74) is 0. The summed E-state index contributed by atoms with van der Waals surface area (Å²) in [5.74, 6) is -0.441. The third-order valence-corrected chi connectivity index (χ3v) is 3.89. The van der Waals surface area contributed by atoms with E-state index < -0.39 is 15.8 Å². The molecule has 94 valence electrons. The third-order valence-electron chi connectivity index (χ3n) is 2.07. The number of benzene rings is 1. The van der Waals surface area contributed by atoms with Gasteiger partial charge in [0.1, 0.15) is 11.6 Å². The van der Waals surface area contributed by atoms with Crippen LogP contribution in [-0.4, -0.2) is 13.4 Å². The Kier molecular flexibility index (Phi) is 3.63. The molecule has 0 radical (unpaired) electrons. The maximum atomic E-state index is 13.0. The molecular formula is C11H8BrFN2O2S. The van der Waals surface area contributed by atoms with Gasteiger partial charge in [-0.1, -0.05) is 6.07 Å². The summed E-state index contributed by atoms with van der Waals surface area (Å²) in [5, 5.41) is 0. The lowest BCUT2D eigenvalue weighted by molar-refractivity contribution is 0.595. The van der Waals surface area contributed by atoms with Crippen LogP contribution >= 0.6 is 15.9 Å².